The standard InChI is InChI=1S/C21H25ClF3N9/c1-12-10-34(13(2)19(30-12)14(7-26)8-27)18-6-17(22)31-20(32-18)15(9-28-3)33-5-4-29-16(11-33)21(23,24)25/h4,6-9,11-13,19,26,30H,3,5,10,27H2,1-2H3/b14-8?,15-9-,26-7?. The number of aromatic nitrogens is 2. The van der Waals surface area contributed by atoms with E-state index in [4.69, 9.17) is 22.7 Å². The van der Waals surface area contributed by atoms with Gasteiger partial charge in [0.2, 0.25) is 0 Å². The van der Waals surface area contributed by atoms with Crippen LogP contribution in [0.3, 0.4) is 0 Å². The van der Waals surface area contributed by atoms with Crippen molar-refractivity contribution in [3.63, 3.8) is 0 Å². The highest BCUT2D eigenvalue weighted by atomic mass is 35.5. The average Bonchev–Trinajstić information content (AvgIpc) is 2.79. The summed E-state index contributed by atoms with van der Waals surface area (Å²) in [6.45, 7) is 7.97. The molecule has 2 aliphatic rings. The van der Waals surface area contributed by atoms with Gasteiger partial charge in [-0.05, 0) is 20.6 Å². The molecule has 9 nitrogen and oxygen atoms in total. The van der Waals surface area contributed by atoms with Crippen LogP contribution in [0.2, 0.25) is 5.15 Å². The number of rotatable bonds is 6. The van der Waals surface area contributed by atoms with Crippen molar-refractivity contribution in [2.45, 2.75) is 38.1 Å². The number of halogens is 4. The number of aliphatic imine (C=N–C) groups is 2. The van der Waals surface area contributed by atoms with Gasteiger partial charge in [0.1, 0.15) is 16.7 Å². The Morgan fingerprint density at radius 3 is 2.74 bits per heavy atom. The first-order valence-corrected chi connectivity index (χ1v) is 10.7. The summed E-state index contributed by atoms with van der Waals surface area (Å²) in [5.41, 5.74) is 5.44. The lowest BCUT2D eigenvalue weighted by molar-refractivity contribution is -0.0934. The maximum atomic E-state index is 13.2. The summed E-state index contributed by atoms with van der Waals surface area (Å²) in [5, 5.41) is 11.2. The second-order valence-corrected chi connectivity index (χ2v) is 8.18. The number of anilines is 1. The van der Waals surface area contributed by atoms with Gasteiger partial charge in [0.05, 0.1) is 18.8 Å². The van der Waals surface area contributed by atoms with Crippen molar-refractivity contribution in [2.75, 3.05) is 18.0 Å². The van der Waals surface area contributed by atoms with E-state index in [2.05, 4.69) is 32.0 Å². The summed E-state index contributed by atoms with van der Waals surface area (Å²) < 4.78 is 39.7. The molecular weight excluding hydrogens is 471 g/mol. The Morgan fingerprint density at radius 2 is 2.12 bits per heavy atom. The van der Waals surface area contributed by atoms with E-state index in [1.54, 1.807) is 6.07 Å². The SMILES string of the molecule is C=N/C=C(/c1nc(Cl)cc(N2CC(C)NC(C(C=N)=CN)C2C)n1)N1C=C(C(F)(F)F)N=CC1. The first kappa shape index (κ1) is 25.4. The molecule has 3 atom stereocenters. The number of hydrogen-bond donors (Lipinski definition) is 3. The molecule has 13 heteroatoms. The highest BCUT2D eigenvalue weighted by Gasteiger charge is 2.37. The lowest BCUT2D eigenvalue weighted by Gasteiger charge is -2.44. The van der Waals surface area contributed by atoms with E-state index in [1.807, 2.05) is 18.7 Å². The smallest absolute Gasteiger partial charge is 0.404 e. The lowest BCUT2D eigenvalue weighted by atomic mass is 9.96. The molecule has 0 aliphatic carbocycles. The van der Waals surface area contributed by atoms with Gasteiger partial charge in [-0.1, -0.05) is 11.6 Å². The van der Waals surface area contributed by atoms with Crippen LogP contribution in [0.4, 0.5) is 19.0 Å². The quantitative estimate of drug-likeness (QED) is 0.412. The van der Waals surface area contributed by atoms with Gasteiger partial charge in [0.25, 0.3) is 0 Å². The number of allylic oxidation sites excluding steroid dienone is 1. The third-order valence-electron chi connectivity index (χ3n) is 5.43. The van der Waals surface area contributed by atoms with Crippen LogP contribution in [0.5, 0.6) is 0 Å². The van der Waals surface area contributed by atoms with E-state index in [0.717, 1.165) is 12.4 Å². The molecule has 0 saturated carbocycles. The van der Waals surface area contributed by atoms with Gasteiger partial charge in [-0.15, -0.1) is 0 Å². The van der Waals surface area contributed by atoms with E-state index >= 15 is 0 Å². The maximum Gasteiger partial charge on any atom is 0.434 e. The summed E-state index contributed by atoms with van der Waals surface area (Å²) in [6, 6.07) is 1.19. The lowest BCUT2D eigenvalue weighted by Crippen LogP contribution is -2.61. The predicted molar refractivity (Wildman–Crippen MR) is 128 cm³/mol. The Morgan fingerprint density at radius 1 is 1.38 bits per heavy atom. The van der Waals surface area contributed by atoms with Crippen LogP contribution in [0.25, 0.3) is 5.70 Å². The van der Waals surface area contributed by atoms with Gasteiger partial charge in [0, 0.05) is 55.1 Å². The number of nitrogens with zero attached hydrogens (tertiary/aromatic N) is 6. The van der Waals surface area contributed by atoms with Crippen molar-refractivity contribution in [3.05, 3.63) is 46.9 Å². The van der Waals surface area contributed by atoms with Gasteiger partial charge >= 0.3 is 6.18 Å². The Labute approximate surface area is 200 Å². The fourth-order valence-electron chi connectivity index (χ4n) is 3.85. The fourth-order valence-corrected chi connectivity index (χ4v) is 4.03. The van der Waals surface area contributed by atoms with Crippen molar-refractivity contribution in [1.82, 2.24) is 20.2 Å². The van der Waals surface area contributed by atoms with Crippen LogP contribution in [0.1, 0.15) is 19.7 Å². The topological polar surface area (TPSA) is 119 Å². The minimum Gasteiger partial charge on any atom is -0.404 e. The number of alkyl halides is 3. The van der Waals surface area contributed by atoms with Crippen molar-refractivity contribution >= 4 is 42.3 Å². The monoisotopic (exact) mass is 495 g/mol. The van der Waals surface area contributed by atoms with Crippen LogP contribution in [0.15, 0.2) is 45.9 Å². The molecule has 3 rings (SSSR count). The molecule has 182 valence electrons. The average molecular weight is 496 g/mol. The zero-order valence-corrected chi connectivity index (χ0v) is 19.3. The maximum absolute atomic E-state index is 13.2. The van der Waals surface area contributed by atoms with E-state index in [0.29, 0.717) is 17.9 Å². The third-order valence-corrected chi connectivity index (χ3v) is 5.63. The van der Waals surface area contributed by atoms with Gasteiger partial charge in [-0.25, -0.2) is 9.97 Å². The summed E-state index contributed by atoms with van der Waals surface area (Å²) in [5.74, 6) is 0.558. The summed E-state index contributed by atoms with van der Waals surface area (Å²) in [6.07, 6.45) is 1.25. The zero-order chi connectivity index (χ0) is 25.0. The van der Waals surface area contributed by atoms with Crippen molar-refractivity contribution < 1.29 is 13.2 Å². The molecule has 3 unspecified atom stereocenters. The molecule has 0 amide bonds. The van der Waals surface area contributed by atoms with Gasteiger partial charge in [-0.3, -0.25) is 9.98 Å². The van der Waals surface area contributed by atoms with Crippen molar-refractivity contribution in [1.29, 1.82) is 5.41 Å². The molecule has 1 saturated heterocycles. The number of nitrogens with two attached hydrogens (primary N) is 1. The molecule has 1 aromatic rings. The Balaban J connectivity index is 2.03. The highest BCUT2D eigenvalue weighted by Crippen LogP contribution is 2.32. The molecule has 0 radical (unpaired) electrons. The van der Waals surface area contributed by atoms with Crippen LogP contribution in [-0.2, 0) is 0 Å². The third kappa shape index (κ3) is 5.45. The Kier molecular flexibility index (Phi) is 7.72. The summed E-state index contributed by atoms with van der Waals surface area (Å²) >= 11 is 6.32. The molecular formula is C21H25ClF3N9. The van der Waals surface area contributed by atoms with Crippen LogP contribution in [-0.4, -0.2) is 71.4 Å². The molecule has 34 heavy (non-hydrogen) atoms. The largest absolute Gasteiger partial charge is 0.434 e. The molecule has 3 heterocycles. The normalized spacial score (nSPS) is 24.2. The molecule has 2 aliphatic heterocycles. The Hall–Kier alpha value is -3.25. The fraction of sp³-hybridized carbons (Fsp3) is 0.381. The Bertz CT molecular complexity index is 1060. The van der Waals surface area contributed by atoms with Crippen LogP contribution >= 0.6 is 11.6 Å². The minimum atomic E-state index is -4.62. The van der Waals surface area contributed by atoms with Crippen molar-refractivity contribution in [2.24, 2.45) is 15.7 Å². The summed E-state index contributed by atoms with van der Waals surface area (Å²) in [4.78, 5) is 19.3. The molecule has 1 fully saturated rings. The molecule has 0 aromatic carbocycles. The van der Waals surface area contributed by atoms with E-state index in [-0.39, 0.29) is 41.3 Å². The highest BCUT2D eigenvalue weighted by molar-refractivity contribution is 6.29. The first-order valence-electron chi connectivity index (χ1n) is 10.3. The zero-order valence-electron chi connectivity index (χ0n) is 18.6. The summed E-state index contributed by atoms with van der Waals surface area (Å²) in [7, 11) is 0. The second-order valence-electron chi connectivity index (χ2n) is 7.79. The van der Waals surface area contributed by atoms with E-state index < -0.39 is 11.9 Å². The van der Waals surface area contributed by atoms with Crippen LogP contribution < -0.4 is 16.0 Å². The molecule has 0 bridgehead atoms. The molecule has 4 N–H and O–H groups in total. The van der Waals surface area contributed by atoms with Gasteiger partial charge in [-0.2, -0.15) is 13.2 Å². The molecule has 0 spiro atoms. The van der Waals surface area contributed by atoms with E-state index in [9.17, 15) is 13.2 Å². The van der Waals surface area contributed by atoms with E-state index in [1.165, 1.54) is 23.5 Å². The van der Waals surface area contributed by atoms with Crippen molar-refractivity contribution in [3.8, 4) is 0 Å². The second kappa shape index (κ2) is 10.3. The van der Waals surface area contributed by atoms with Gasteiger partial charge < -0.3 is 26.3 Å². The number of nitrogens with one attached hydrogen (secondary N) is 2. The number of hydrogen-bond acceptors (Lipinski definition) is 9. The first-order chi connectivity index (χ1) is 16.1. The van der Waals surface area contributed by atoms with Crippen LogP contribution in [0, 0.1) is 5.41 Å². The minimum absolute atomic E-state index is 0.0220. The number of piperazine rings is 1. The molecule has 1 aromatic heterocycles. The predicted octanol–water partition coefficient (Wildman–Crippen LogP) is 2.97. The van der Waals surface area contributed by atoms with Gasteiger partial charge in [0.15, 0.2) is 11.5 Å².